The van der Waals surface area contributed by atoms with Crippen molar-refractivity contribution in [3.63, 3.8) is 0 Å². The summed E-state index contributed by atoms with van der Waals surface area (Å²) in [5.74, 6) is 6.87. The summed E-state index contributed by atoms with van der Waals surface area (Å²) in [6, 6.07) is 14.7. The van der Waals surface area contributed by atoms with Crippen LogP contribution in [0.15, 0.2) is 48.5 Å². The molecule has 2 aromatic rings. The second-order valence-corrected chi connectivity index (χ2v) is 9.99. The van der Waals surface area contributed by atoms with Gasteiger partial charge < -0.3 is 14.2 Å². The molecule has 0 aliphatic carbocycles. The van der Waals surface area contributed by atoms with E-state index in [9.17, 15) is 13.2 Å². The van der Waals surface area contributed by atoms with E-state index in [1.165, 1.54) is 4.90 Å². The maximum absolute atomic E-state index is 12.2. The molecule has 0 radical (unpaired) electrons. The monoisotopic (exact) mass is 489 g/mol. The van der Waals surface area contributed by atoms with Crippen molar-refractivity contribution in [1.82, 2.24) is 0 Å². The second-order valence-electron chi connectivity index (χ2n) is 8.35. The highest BCUT2D eigenvalue weighted by Gasteiger charge is 2.20. The van der Waals surface area contributed by atoms with Gasteiger partial charge in [0.05, 0.1) is 26.1 Å². The first-order valence-corrected chi connectivity index (χ1v) is 12.5. The van der Waals surface area contributed by atoms with E-state index in [0.717, 1.165) is 17.4 Å². The van der Waals surface area contributed by atoms with Crippen LogP contribution in [0.1, 0.15) is 31.9 Å². The van der Waals surface area contributed by atoms with Gasteiger partial charge in [-0.05, 0) is 69.3 Å². The normalized spacial score (nSPS) is 11.3. The number of rotatable bonds is 9. The molecule has 0 spiro atoms. The molecule has 34 heavy (non-hydrogen) atoms. The SMILES string of the molecule is CN(C(=O)OC(C)(C)C)c1ccc(C#Cc2ccc(OCCOCCOS(C)(=O)=O)cc2)cc1. The zero-order valence-electron chi connectivity index (χ0n) is 20.2. The number of hydrogen-bond acceptors (Lipinski definition) is 7. The molecule has 0 aromatic heterocycles. The summed E-state index contributed by atoms with van der Waals surface area (Å²) in [6.45, 7) is 6.27. The van der Waals surface area contributed by atoms with E-state index >= 15 is 0 Å². The van der Waals surface area contributed by atoms with Gasteiger partial charge in [0.25, 0.3) is 10.1 Å². The Balaban J connectivity index is 1.80. The van der Waals surface area contributed by atoms with Crippen LogP contribution in [-0.2, 0) is 23.8 Å². The topological polar surface area (TPSA) is 91.4 Å². The standard InChI is InChI=1S/C25H31NO7S/c1-25(2,3)33-24(27)26(4)22-12-8-20(9-13-22)6-7-21-10-14-23(15-11-21)31-18-16-30-17-19-32-34(5,28)29/h8-15H,16-19H2,1-5H3. The maximum atomic E-state index is 12.2. The molecule has 0 N–H and O–H groups in total. The van der Waals surface area contributed by atoms with E-state index in [4.69, 9.17) is 14.2 Å². The summed E-state index contributed by atoms with van der Waals surface area (Å²) < 4.78 is 42.4. The Morgan fingerprint density at radius 1 is 0.882 bits per heavy atom. The molecule has 184 valence electrons. The third-order valence-electron chi connectivity index (χ3n) is 4.15. The Morgan fingerprint density at radius 3 is 1.94 bits per heavy atom. The van der Waals surface area contributed by atoms with Crippen LogP contribution in [0.2, 0.25) is 0 Å². The number of carbonyl (C=O) groups excluding carboxylic acids is 1. The van der Waals surface area contributed by atoms with Gasteiger partial charge in [-0.15, -0.1) is 0 Å². The van der Waals surface area contributed by atoms with Crippen molar-refractivity contribution in [2.75, 3.05) is 44.6 Å². The smallest absolute Gasteiger partial charge is 0.414 e. The highest BCUT2D eigenvalue weighted by molar-refractivity contribution is 7.85. The molecule has 0 bridgehead atoms. The summed E-state index contributed by atoms with van der Waals surface area (Å²) in [4.78, 5) is 13.6. The number of carbonyl (C=O) groups is 1. The highest BCUT2D eigenvalue weighted by atomic mass is 32.2. The average molecular weight is 490 g/mol. The van der Waals surface area contributed by atoms with E-state index in [0.29, 0.717) is 24.7 Å². The van der Waals surface area contributed by atoms with Crippen molar-refractivity contribution in [2.24, 2.45) is 0 Å². The molecule has 0 aliphatic heterocycles. The molecular formula is C25H31NO7S. The first kappa shape index (κ1) is 27.2. The molecule has 9 heteroatoms. The van der Waals surface area contributed by atoms with Gasteiger partial charge in [-0.25, -0.2) is 4.79 Å². The second kappa shape index (κ2) is 12.4. The molecule has 0 fully saturated rings. The summed E-state index contributed by atoms with van der Waals surface area (Å²) >= 11 is 0. The van der Waals surface area contributed by atoms with E-state index in [1.54, 1.807) is 7.05 Å². The van der Waals surface area contributed by atoms with Crippen molar-refractivity contribution >= 4 is 21.9 Å². The van der Waals surface area contributed by atoms with E-state index in [-0.39, 0.29) is 13.2 Å². The van der Waals surface area contributed by atoms with Crippen LogP contribution in [0, 0.1) is 11.8 Å². The van der Waals surface area contributed by atoms with Gasteiger partial charge in [0.15, 0.2) is 0 Å². The lowest BCUT2D eigenvalue weighted by Gasteiger charge is -2.24. The van der Waals surface area contributed by atoms with Crippen molar-refractivity contribution < 1.29 is 31.6 Å². The van der Waals surface area contributed by atoms with Gasteiger partial charge in [0.2, 0.25) is 0 Å². The molecule has 0 atom stereocenters. The predicted octanol–water partition coefficient (Wildman–Crippen LogP) is 3.83. The number of amides is 1. The minimum atomic E-state index is -3.44. The molecule has 1 amide bonds. The molecular weight excluding hydrogens is 458 g/mol. The molecule has 8 nitrogen and oxygen atoms in total. The third kappa shape index (κ3) is 10.7. The van der Waals surface area contributed by atoms with Gasteiger partial charge in [-0.2, -0.15) is 8.42 Å². The van der Waals surface area contributed by atoms with Crippen molar-refractivity contribution in [3.8, 4) is 17.6 Å². The number of benzene rings is 2. The van der Waals surface area contributed by atoms with Crippen molar-refractivity contribution in [2.45, 2.75) is 26.4 Å². The average Bonchev–Trinajstić information content (AvgIpc) is 2.76. The van der Waals surface area contributed by atoms with Gasteiger partial charge in [0.1, 0.15) is 18.0 Å². The molecule has 2 aromatic carbocycles. The van der Waals surface area contributed by atoms with Crippen LogP contribution in [-0.4, -0.2) is 59.8 Å². The lowest BCUT2D eigenvalue weighted by atomic mass is 10.1. The zero-order chi connectivity index (χ0) is 25.2. The summed E-state index contributed by atoms with van der Waals surface area (Å²) in [5.41, 5.74) is 1.81. The summed E-state index contributed by atoms with van der Waals surface area (Å²) in [7, 11) is -1.78. The lowest BCUT2D eigenvalue weighted by molar-refractivity contribution is 0.0589. The summed E-state index contributed by atoms with van der Waals surface area (Å²) in [6.07, 6.45) is 0.578. The Morgan fingerprint density at radius 2 is 1.41 bits per heavy atom. The van der Waals surface area contributed by atoms with Crippen LogP contribution >= 0.6 is 0 Å². The highest BCUT2D eigenvalue weighted by Crippen LogP contribution is 2.17. The molecule has 0 heterocycles. The van der Waals surface area contributed by atoms with Gasteiger partial charge >= 0.3 is 6.09 Å². The van der Waals surface area contributed by atoms with Crippen LogP contribution in [0.4, 0.5) is 10.5 Å². The van der Waals surface area contributed by atoms with Crippen LogP contribution in [0.25, 0.3) is 0 Å². The number of hydrogen-bond donors (Lipinski definition) is 0. The fourth-order valence-corrected chi connectivity index (χ4v) is 2.92. The third-order valence-corrected chi connectivity index (χ3v) is 4.74. The number of anilines is 1. The largest absolute Gasteiger partial charge is 0.491 e. The Hall–Kier alpha value is -3.06. The first-order chi connectivity index (χ1) is 15.9. The number of nitrogens with zero attached hydrogens (tertiary/aromatic N) is 1. The Kier molecular flexibility index (Phi) is 9.93. The first-order valence-electron chi connectivity index (χ1n) is 10.7. The van der Waals surface area contributed by atoms with Crippen molar-refractivity contribution in [3.05, 3.63) is 59.7 Å². The quantitative estimate of drug-likeness (QED) is 0.300. The predicted molar refractivity (Wildman–Crippen MR) is 131 cm³/mol. The molecule has 0 saturated heterocycles. The van der Waals surface area contributed by atoms with E-state index in [2.05, 4.69) is 16.0 Å². The molecule has 0 aliphatic rings. The van der Waals surface area contributed by atoms with E-state index in [1.807, 2.05) is 69.3 Å². The molecule has 0 unspecified atom stereocenters. The minimum Gasteiger partial charge on any atom is -0.491 e. The van der Waals surface area contributed by atoms with Crippen LogP contribution in [0.3, 0.4) is 0 Å². The fraction of sp³-hybridized carbons (Fsp3) is 0.400. The Labute approximate surface area is 201 Å². The minimum absolute atomic E-state index is 0.0185. The van der Waals surface area contributed by atoms with Crippen LogP contribution in [0.5, 0.6) is 5.75 Å². The summed E-state index contributed by atoms with van der Waals surface area (Å²) in [5, 5.41) is 0. The molecule has 0 saturated carbocycles. The number of ether oxygens (including phenoxy) is 3. The van der Waals surface area contributed by atoms with Gasteiger partial charge in [0, 0.05) is 23.9 Å². The molecule has 2 rings (SSSR count). The van der Waals surface area contributed by atoms with E-state index < -0.39 is 21.8 Å². The maximum Gasteiger partial charge on any atom is 0.414 e. The van der Waals surface area contributed by atoms with Crippen molar-refractivity contribution in [1.29, 1.82) is 0 Å². The van der Waals surface area contributed by atoms with Gasteiger partial charge in [-0.3, -0.25) is 9.08 Å². The lowest BCUT2D eigenvalue weighted by Crippen LogP contribution is -2.34. The Bertz CT molecular complexity index is 1090. The fourth-order valence-electron chi connectivity index (χ4n) is 2.55. The van der Waals surface area contributed by atoms with Gasteiger partial charge in [-0.1, -0.05) is 11.8 Å². The zero-order valence-corrected chi connectivity index (χ0v) is 21.0. The van der Waals surface area contributed by atoms with Crippen LogP contribution < -0.4 is 9.64 Å².